The van der Waals surface area contributed by atoms with Crippen molar-refractivity contribution in [1.29, 1.82) is 0 Å². The van der Waals surface area contributed by atoms with Gasteiger partial charge < -0.3 is 16.8 Å². The van der Waals surface area contributed by atoms with Gasteiger partial charge in [-0.15, -0.1) is 0 Å². The third-order valence-corrected chi connectivity index (χ3v) is 22.7. The summed E-state index contributed by atoms with van der Waals surface area (Å²) in [4.78, 5) is 12.2. The van der Waals surface area contributed by atoms with Gasteiger partial charge in [-0.05, 0) is 37.8 Å². The third kappa shape index (κ3) is 7.66. The Labute approximate surface area is 178 Å². The van der Waals surface area contributed by atoms with Gasteiger partial charge >= 0.3 is 23.3 Å². The molecule has 1 unspecified atom stereocenters. The van der Waals surface area contributed by atoms with Gasteiger partial charge in [-0.2, -0.15) is 0 Å². The van der Waals surface area contributed by atoms with Gasteiger partial charge in [0.15, 0.2) is 16.6 Å². The van der Waals surface area contributed by atoms with Crippen molar-refractivity contribution in [3.05, 3.63) is 12.7 Å². The molecule has 0 saturated carbocycles. The van der Waals surface area contributed by atoms with Crippen LogP contribution in [0.15, 0.2) is 12.7 Å². The van der Waals surface area contributed by atoms with E-state index in [4.69, 9.17) is 16.8 Å². The maximum absolute atomic E-state index is 12.2. The molecule has 0 N–H and O–H groups in total. The summed E-state index contributed by atoms with van der Waals surface area (Å²) in [6.07, 6.45) is 1.21. The van der Waals surface area contributed by atoms with Crippen molar-refractivity contribution in [2.75, 3.05) is 0 Å². The molecule has 0 aromatic heterocycles. The van der Waals surface area contributed by atoms with E-state index >= 15 is 0 Å². The van der Waals surface area contributed by atoms with Crippen LogP contribution < -0.4 is 0 Å². The lowest BCUT2D eigenvalue weighted by Crippen LogP contribution is -2.65. The molecule has 1 atom stereocenters. The van der Waals surface area contributed by atoms with Crippen molar-refractivity contribution >= 4 is 40.0 Å². The topological polar surface area (TPSA) is 54.0 Å². The Kier molecular flexibility index (Phi) is 9.39. The number of carbonyl (C=O) groups excluding carboxylic acids is 1. The fourth-order valence-electron chi connectivity index (χ4n) is 2.88. The highest BCUT2D eigenvalue weighted by Crippen LogP contribution is 2.43. The molecule has 0 spiro atoms. The second-order valence-corrected chi connectivity index (χ2v) is 27.6. The van der Waals surface area contributed by atoms with Gasteiger partial charge in [-0.25, -0.2) is 4.79 Å². The molecule has 166 valence electrons. The molecule has 0 bridgehead atoms. The number of rotatable bonds is 10. The van der Waals surface area contributed by atoms with E-state index in [0.717, 1.165) is 0 Å². The summed E-state index contributed by atoms with van der Waals surface area (Å²) in [5.41, 5.74) is 0.105. The largest absolute Gasteiger partial charge is 0.491 e. The van der Waals surface area contributed by atoms with Crippen LogP contribution in [-0.4, -0.2) is 40.0 Å². The minimum Gasteiger partial charge on any atom is -0.491 e. The van der Waals surface area contributed by atoms with Gasteiger partial charge in [0, 0.05) is 23.7 Å². The SMILES string of the molecule is C=CC(=O)O[Si](O[Si](C)(O[Si](C)(C)C)O[Si](C)(C)C(C)(C)C)(C(C)C)C(C)C. The van der Waals surface area contributed by atoms with E-state index in [-0.39, 0.29) is 16.1 Å². The molecule has 0 rings (SSSR count). The van der Waals surface area contributed by atoms with E-state index < -0.39 is 40.0 Å². The first kappa shape index (κ1) is 28.0. The van der Waals surface area contributed by atoms with Crippen LogP contribution in [0.2, 0.25) is 55.4 Å². The van der Waals surface area contributed by atoms with Crippen LogP contribution in [0.5, 0.6) is 0 Å². The van der Waals surface area contributed by atoms with Crippen LogP contribution in [0.3, 0.4) is 0 Å². The number of hydrogen-bond donors (Lipinski definition) is 0. The van der Waals surface area contributed by atoms with Gasteiger partial charge in [0.2, 0.25) is 0 Å². The van der Waals surface area contributed by atoms with E-state index in [2.05, 4.69) is 87.8 Å². The second kappa shape index (κ2) is 9.40. The molecule has 28 heavy (non-hydrogen) atoms. The van der Waals surface area contributed by atoms with Crippen molar-refractivity contribution in [2.45, 2.75) is 104 Å². The van der Waals surface area contributed by atoms with Crippen molar-refractivity contribution in [2.24, 2.45) is 0 Å². The van der Waals surface area contributed by atoms with Crippen molar-refractivity contribution in [1.82, 2.24) is 0 Å². The molecule has 0 aliphatic carbocycles. The maximum Gasteiger partial charge on any atom is 0.468 e. The summed E-state index contributed by atoms with van der Waals surface area (Å²) < 4.78 is 26.3. The molecule has 0 fully saturated rings. The normalized spacial score (nSPS) is 16.2. The molecule has 0 heterocycles. The van der Waals surface area contributed by atoms with Gasteiger partial charge in [0.05, 0.1) is 0 Å². The Hall–Kier alpha value is -0.0425. The van der Waals surface area contributed by atoms with Crippen molar-refractivity contribution < 1.29 is 21.6 Å². The zero-order valence-corrected chi connectivity index (χ0v) is 24.5. The molecular formula is C19H44O5Si4. The average molecular weight is 465 g/mol. The van der Waals surface area contributed by atoms with E-state index in [9.17, 15) is 4.79 Å². The molecule has 0 amide bonds. The first-order valence-electron chi connectivity index (χ1n) is 10.2. The molecule has 0 aromatic rings. The molecule has 0 aliphatic heterocycles. The Morgan fingerprint density at radius 1 is 0.857 bits per heavy atom. The lowest BCUT2D eigenvalue weighted by molar-refractivity contribution is -0.131. The predicted octanol–water partition coefficient (Wildman–Crippen LogP) is 6.44. The van der Waals surface area contributed by atoms with Gasteiger partial charge in [0.25, 0.3) is 0 Å². The van der Waals surface area contributed by atoms with Gasteiger partial charge in [-0.1, -0.05) is 55.0 Å². The predicted molar refractivity (Wildman–Crippen MR) is 128 cm³/mol. The lowest BCUT2D eigenvalue weighted by atomic mass is 10.2. The van der Waals surface area contributed by atoms with Crippen LogP contribution in [0, 0.1) is 0 Å². The van der Waals surface area contributed by atoms with E-state index in [1.165, 1.54) is 6.08 Å². The summed E-state index contributed by atoms with van der Waals surface area (Å²) >= 11 is 0. The van der Waals surface area contributed by atoms with Crippen molar-refractivity contribution in [3.8, 4) is 0 Å². The molecule has 0 aliphatic rings. The number of carbonyl (C=O) groups is 1. The minimum atomic E-state index is -3.10. The van der Waals surface area contributed by atoms with Crippen LogP contribution >= 0.6 is 0 Å². The van der Waals surface area contributed by atoms with Gasteiger partial charge in [-0.3, -0.25) is 0 Å². The zero-order chi connectivity index (χ0) is 22.8. The summed E-state index contributed by atoms with van der Waals surface area (Å²) in [5, 5.41) is 0.0189. The fraction of sp³-hybridized carbons (Fsp3) is 0.842. The minimum absolute atomic E-state index is 0.0189. The lowest BCUT2D eigenvalue weighted by Gasteiger charge is -2.48. The van der Waals surface area contributed by atoms with E-state index in [1.807, 2.05) is 6.55 Å². The first-order chi connectivity index (χ1) is 12.2. The summed E-state index contributed by atoms with van der Waals surface area (Å²) in [5.74, 6) is -0.439. The molecule has 5 nitrogen and oxygen atoms in total. The van der Waals surface area contributed by atoms with Crippen molar-refractivity contribution in [3.63, 3.8) is 0 Å². The molecule has 9 heteroatoms. The van der Waals surface area contributed by atoms with Crippen LogP contribution in [-0.2, 0) is 21.6 Å². The smallest absolute Gasteiger partial charge is 0.468 e. The maximum atomic E-state index is 12.2. The standard InChI is InChI=1S/C19H44O5Si4/c1-15-18(20)21-28(16(2)3,17(4)5)24-27(14,22-25(9,10)11)23-26(12,13)19(6,7)8/h15-17H,1H2,2-14H3. The number of hydrogen-bond acceptors (Lipinski definition) is 5. The fourth-order valence-corrected chi connectivity index (χ4v) is 20.5. The van der Waals surface area contributed by atoms with Crippen LogP contribution in [0.1, 0.15) is 48.5 Å². The van der Waals surface area contributed by atoms with Crippen LogP contribution in [0.4, 0.5) is 0 Å². The molecular weight excluding hydrogens is 421 g/mol. The third-order valence-electron chi connectivity index (χ3n) is 5.12. The van der Waals surface area contributed by atoms with E-state index in [0.29, 0.717) is 0 Å². The monoisotopic (exact) mass is 464 g/mol. The quantitative estimate of drug-likeness (QED) is 0.275. The van der Waals surface area contributed by atoms with E-state index in [1.54, 1.807) is 0 Å². The van der Waals surface area contributed by atoms with Crippen LogP contribution in [0.25, 0.3) is 0 Å². The molecule has 0 saturated heterocycles. The molecule has 0 radical (unpaired) electrons. The summed E-state index contributed by atoms with van der Waals surface area (Å²) in [6, 6.07) is 0. The highest BCUT2D eigenvalue weighted by Gasteiger charge is 2.58. The first-order valence-corrected chi connectivity index (χ1v) is 20.7. The molecule has 0 aromatic carbocycles. The second-order valence-electron chi connectivity index (χ2n) is 10.7. The zero-order valence-electron chi connectivity index (χ0n) is 20.5. The Morgan fingerprint density at radius 3 is 1.57 bits per heavy atom. The Morgan fingerprint density at radius 2 is 1.29 bits per heavy atom. The highest BCUT2D eigenvalue weighted by molar-refractivity contribution is 6.90. The Bertz CT molecular complexity index is 542. The Balaban J connectivity index is 6.32. The average Bonchev–Trinajstić information content (AvgIpc) is 2.41. The summed E-state index contributed by atoms with van der Waals surface area (Å²) in [6.45, 7) is 31.2. The summed E-state index contributed by atoms with van der Waals surface area (Å²) in [7, 11) is -10.2. The highest BCUT2D eigenvalue weighted by atomic mass is 28.5. The van der Waals surface area contributed by atoms with Gasteiger partial charge in [0.1, 0.15) is 0 Å².